The lowest BCUT2D eigenvalue weighted by Gasteiger charge is -2.20. The number of amides is 1. The highest BCUT2D eigenvalue weighted by molar-refractivity contribution is 5.80. The third-order valence-corrected chi connectivity index (χ3v) is 6.19. The summed E-state index contributed by atoms with van der Waals surface area (Å²) in [7, 11) is 2.21. The maximum absolute atomic E-state index is 11.9. The first-order valence-corrected chi connectivity index (χ1v) is 11.9. The molecule has 2 aliphatic heterocycles. The predicted molar refractivity (Wildman–Crippen MR) is 127 cm³/mol. The molecule has 1 unspecified atom stereocenters. The van der Waals surface area contributed by atoms with Gasteiger partial charge in [0.25, 0.3) is 0 Å². The van der Waals surface area contributed by atoms with Crippen LogP contribution in [-0.4, -0.2) is 85.5 Å². The molecule has 2 saturated heterocycles. The maximum Gasteiger partial charge on any atom is 0.222 e. The Hall–Kier alpha value is -2.12. The fourth-order valence-electron chi connectivity index (χ4n) is 4.28. The lowest BCUT2D eigenvalue weighted by atomic mass is 10.1. The van der Waals surface area contributed by atoms with E-state index in [0.717, 1.165) is 51.6 Å². The minimum absolute atomic E-state index is 0.235. The van der Waals surface area contributed by atoms with Crippen molar-refractivity contribution >= 4 is 11.9 Å². The first-order valence-electron chi connectivity index (χ1n) is 11.9. The second-order valence-corrected chi connectivity index (χ2v) is 8.77. The first-order chi connectivity index (χ1) is 15.1. The largest absolute Gasteiger partial charge is 0.357 e. The zero-order valence-electron chi connectivity index (χ0n) is 19.6. The summed E-state index contributed by atoms with van der Waals surface area (Å²) in [6, 6.07) is 9.15. The summed E-state index contributed by atoms with van der Waals surface area (Å²) in [5.41, 5.74) is 2.58. The average Bonchev–Trinajstić information content (AvgIpc) is 3.15. The Morgan fingerprint density at radius 2 is 1.84 bits per heavy atom. The van der Waals surface area contributed by atoms with Gasteiger partial charge < -0.3 is 20.4 Å². The van der Waals surface area contributed by atoms with Crippen molar-refractivity contribution in [2.45, 2.75) is 52.2 Å². The van der Waals surface area contributed by atoms with Gasteiger partial charge in [0.15, 0.2) is 5.96 Å². The zero-order chi connectivity index (χ0) is 22.1. The highest BCUT2D eigenvalue weighted by Gasteiger charge is 2.25. The number of likely N-dealkylation sites (N-methyl/N-ethyl adjacent to an activating group) is 1. The molecule has 0 radical (unpaired) electrons. The molecule has 172 valence electrons. The topological polar surface area (TPSA) is 63.2 Å². The molecule has 2 aliphatic rings. The SMILES string of the molecule is CCNC(=NCc1ccc(CN2CCCN(C)CC2)cc1)NC1CCN(C(=O)CC)C1. The van der Waals surface area contributed by atoms with Gasteiger partial charge in [-0.3, -0.25) is 9.69 Å². The Balaban J connectivity index is 1.50. The van der Waals surface area contributed by atoms with Crippen LogP contribution < -0.4 is 10.6 Å². The van der Waals surface area contributed by atoms with Crippen LogP contribution in [0.3, 0.4) is 0 Å². The van der Waals surface area contributed by atoms with E-state index in [1.54, 1.807) is 0 Å². The van der Waals surface area contributed by atoms with Crippen molar-refractivity contribution in [2.24, 2.45) is 4.99 Å². The summed E-state index contributed by atoms with van der Waals surface area (Å²) in [5, 5.41) is 6.84. The highest BCUT2D eigenvalue weighted by atomic mass is 16.2. The number of nitrogens with zero attached hydrogens (tertiary/aromatic N) is 4. The van der Waals surface area contributed by atoms with Crippen molar-refractivity contribution < 1.29 is 4.79 Å². The molecular weight excluding hydrogens is 388 g/mol. The van der Waals surface area contributed by atoms with Crippen molar-refractivity contribution in [3.8, 4) is 0 Å². The predicted octanol–water partition coefficient (Wildman–Crippen LogP) is 1.89. The van der Waals surface area contributed by atoms with Crippen LogP contribution in [0.1, 0.15) is 44.2 Å². The Morgan fingerprint density at radius 1 is 1.06 bits per heavy atom. The van der Waals surface area contributed by atoms with Crippen molar-refractivity contribution in [3.63, 3.8) is 0 Å². The summed E-state index contributed by atoms with van der Waals surface area (Å²) >= 11 is 0. The van der Waals surface area contributed by atoms with Crippen molar-refractivity contribution in [1.82, 2.24) is 25.3 Å². The standard InChI is InChI=1S/C24H40N6O/c1-4-23(31)30-14-11-22(19-30)27-24(25-5-2)26-17-20-7-9-21(10-8-20)18-29-13-6-12-28(3)15-16-29/h7-10,22H,4-6,11-19H2,1-3H3,(H2,25,26,27). The van der Waals surface area contributed by atoms with Crippen LogP contribution in [0.4, 0.5) is 0 Å². The van der Waals surface area contributed by atoms with Crippen LogP contribution in [0.15, 0.2) is 29.3 Å². The average molecular weight is 429 g/mol. The molecule has 2 heterocycles. The van der Waals surface area contributed by atoms with Gasteiger partial charge in [-0.15, -0.1) is 0 Å². The second-order valence-electron chi connectivity index (χ2n) is 8.77. The summed E-state index contributed by atoms with van der Waals surface area (Å²) in [6.07, 6.45) is 2.79. The zero-order valence-corrected chi connectivity index (χ0v) is 19.6. The van der Waals surface area contributed by atoms with E-state index in [0.29, 0.717) is 13.0 Å². The van der Waals surface area contributed by atoms with Crippen LogP contribution in [0.2, 0.25) is 0 Å². The maximum atomic E-state index is 11.9. The monoisotopic (exact) mass is 428 g/mol. The van der Waals surface area contributed by atoms with E-state index in [4.69, 9.17) is 4.99 Å². The molecule has 1 aromatic rings. The van der Waals surface area contributed by atoms with Crippen molar-refractivity contribution in [2.75, 3.05) is 52.9 Å². The molecule has 31 heavy (non-hydrogen) atoms. The van der Waals surface area contributed by atoms with Crippen LogP contribution in [0, 0.1) is 0 Å². The van der Waals surface area contributed by atoms with Gasteiger partial charge in [0.1, 0.15) is 0 Å². The summed E-state index contributed by atoms with van der Waals surface area (Å²) < 4.78 is 0. The molecule has 0 saturated carbocycles. The van der Waals surface area contributed by atoms with Crippen molar-refractivity contribution in [1.29, 1.82) is 0 Å². The van der Waals surface area contributed by atoms with Gasteiger partial charge >= 0.3 is 0 Å². The quantitative estimate of drug-likeness (QED) is 0.513. The number of benzene rings is 1. The van der Waals surface area contributed by atoms with Gasteiger partial charge in [-0.25, -0.2) is 4.99 Å². The highest BCUT2D eigenvalue weighted by Crippen LogP contribution is 2.12. The molecule has 7 nitrogen and oxygen atoms in total. The number of carbonyl (C=O) groups is 1. The number of carbonyl (C=O) groups excluding carboxylic acids is 1. The van der Waals surface area contributed by atoms with Crippen LogP contribution in [0.25, 0.3) is 0 Å². The van der Waals surface area contributed by atoms with Gasteiger partial charge in [-0.1, -0.05) is 31.2 Å². The molecule has 1 atom stereocenters. The number of hydrogen-bond donors (Lipinski definition) is 2. The van der Waals surface area contributed by atoms with E-state index in [1.807, 2.05) is 11.8 Å². The van der Waals surface area contributed by atoms with E-state index in [9.17, 15) is 4.79 Å². The van der Waals surface area contributed by atoms with Gasteiger partial charge in [0, 0.05) is 51.7 Å². The summed E-state index contributed by atoms with van der Waals surface area (Å²) in [5.74, 6) is 1.06. The molecule has 1 amide bonds. The van der Waals surface area contributed by atoms with Gasteiger partial charge in [0.05, 0.1) is 6.54 Å². The normalized spacial score (nSPS) is 21.2. The van der Waals surface area contributed by atoms with E-state index in [1.165, 1.54) is 30.6 Å². The van der Waals surface area contributed by atoms with E-state index >= 15 is 0 Å². The van der Waals surface area contributed by atoms with E-state index in [2.05, 4.69) is 58.7 Å². The number of aliphatic imine (C=N–C) groups is 1. The van der Waals surface area contributed by atoms with Gasteiger partial charge in [-0.2, -0.15) is 0 Å². The molecule has 0 bridgehead atoms. The molecule has 2 N–H and O–H groups in total. The molecule has 7 heteroatoms. The molecule has 1 aromatic carbocycles. The Kier molecular flexibility index (Phi) is 9.15. The smallest absolute Gasteiger partial charge is 0.222 e. The van der Waals surface area contributed by atoms with E-state index in [-0.39, 0.29) is 11.9 Å². The van der Waals surface area contributed by atoms with Crippen molar-refractivity contribution in [3.05, 3.63) is 35.4 Å². The number of rotatable bonds is 7. The van der Waals surface area contributed by atoms with Crippen LogP contribution in [-0.2, 0) is 17.9 Å². The molecular formula is C24H40N6O. The number of hydrogen-bond acceptors (Lipinski definition) is 4. The van der Waals surface area contributed by atoms with Crippen LogP contribution in [0.5, 0.6) is 0 Å². The summed E-state index contributed by atoms with van der Waals surface area (Å²) in [4.78, 5) is 23.6. The summed E-state index contributed by atoms with van der Waals surface area (Å²) in [6.45, 7) is 12.8. The Morgan fingerprint density at radius 3 is 2.58 bits per heavy atom. The molecule has 0 spiro atoms. The third-order valence-electron chi connectivity index (χ3n) is 6.19. The molecule has 3 rings (SSSR count). The van der Waals surface area contributed by atoms with Gasteiger partial charge in [0.2, 0.25) is 5.91 Å². The third kappa shape index (κ3) is 7.51. The Labute approximate surface area is 187 Å². The van der Waals surface area contributed by atoms with E-state index < -0.39 is 0 Å². The molecule has 0 aromatic heterocycles. The minimum Gasteiger partial charge on any atom is -0.357 e. The minimum atomic E-state index is 0.235. The Bertz CT molecular complexity index is 719. The lowest BCUT2D eigenvalue weighted by Crippen LogP contribution is -2.45. The number of likely N-dealkylation sites (tertiary alicyclic amines) is 1. The van der Waals surface area contributed by atoms with Crippen LogP contribution >= 0.6 is 0 Å². The fourth-order valence-corrected chi connectivity index (χ4v) is 4.28. The second kappa shape index (κ2) is 12.1. The van der Waals surface area contributed by atoms with Gasteiger partial charge in [-0.05, 0) is 51.0 Å². The molecule has 0 aliphatic carbocycles. The lowest BCUT2D eigenvalue weighted by molar-refractivity contribution is -0.129. The molecule has 2 fully saturated rings. The first kappa shape index (κ1) is 23.5. The number of guanidine groups is 1. The number of nitrogens with one attached hydrogen (secondary N) is 2. The fraction of sp³-hybridized carbons (Fsp3) is 0.667.